The molecule has 1 fully saturated rings. The van der Waals surface area contributed by atoms with Crippen LogP contribution in [0.15, 0.2) is 4.52 Å². The molecular weight excluding hydrogens is 254 g/mol. The molecule has 0 aliphatic heterocycles. The van der Waals surface area contributed by atoms with Gasteiger partial charge in [0.25, 0.3) is 0 Å². The number of rotatable bonds is 4. The van der Waals surface area contributed by atoms with E-state index in [1.54, 1.807) is 7.11 Å². The van der Waals surface area contributed by atoms with Crippen molar-refractivity contribution in [2.75, 3.05) is 7.11 Å². The summed E-state index contributed by atoms with van der Waals surface area (Å²) in [6.07, 6.45) is 4.04. The van der Waals surface area contributed by atoms with E-state index in [-0.39, 0.29) is 12.0 Å². The number of hydrogen-bond donors (Lipinski definition) is 1. The summed E-state index contributed by atoms with van der Waals surface area (Å²) in [7, 11) is 1.73. The van der Waals surface area contributed by atoms with Gasteiger partial charge in [-0.25, -0.2) is 0 Å². The second-order valence-electron chi connectivity index (χ2n) is 7.09. The average molecular weight is 281 g/mol. The third kappa shape index (κ3) is 2.88. The smallest absolute Gasteiger partial charge is 0.243 e. The van der Waals surface area contributed by atoms with Crippen molar-refractivity contribution in [1.29, 1.82) is 0 Å². The van der Waals surface area contributed by atoms with Gasteiger partial charge in [0.1, 0.15) is 5.60 Å². The maximum Gasteiger partial charge on any atom is 0.243 e. The molecule has 0 radical (unpaired) electrons. The lowest BCUT2D eigenvalue weighted by molar-refractivity contribution is -0.0740. The molecule has 0 aromatic carbocycles. The minimum atomic E-state index is -0.409. The molecule has 0 amide bonds. The third-order valence-electron chi connectivity index (χ3n) is 4.65. The number of hydrogen-bond acceptors (Lipinski definition) is 5. The van der Waals surface area contributed by atoms with Crippen LogP contribution in [0.2, 0.25) is 0 Å². The number of methoxy groups -OCH3 is 1. The van der Waals surface area contributed by atoms with Gasteiger partial charge in [0.15, 0.2) is 0 Å². The van der Waals surface area contributed by atoms with E-state index in [1.165, 1.54) is 0 Å². The average Bonchev–Trinajstić information content (AvgIpc) is 2.88. The topological polar surface area (TPSA) is 74.2 Å². The molecule has 20 heavy (non-hydrogen) atoms. The van der Waals surface area contributed by atoms with E-state index in [2.05, 4.69) is 24.0 Å². The second-order valence-corrected chi connectivity index (χ2v) is 7.09. The van der Waals surface area contributed by atoms with Crippen LogP contribution >= 0.6 is 0 Å². The molecule has 114 valence electrons. The van der Waals surface area contributed by atoms with Gasteiger partial charge in [0.2, 0.25) is 11.7 Å². The van der Waals surface area contributed by atoms with Crippen LogP contribution in [0.3, 0.4) is 0 Å². The van der Waals surface area contributed by atoms with Crippen LogP contribution in [0, 0.1) is 11.3 Å². The fourth-order valence-electron chi connectivity index (χ4n) is 2.69. The summed E-state index contributed by atoms with van der Waals surface area (Å²) in [6.45, 7) is 8.68. The number of ether oxygens (including phenoxy) is 1. The summed E-state index contributed by atoms with van der Waals surface area (Å²) in [4.78, 5) is 4.52. The zero-order valence-electron chi connectivity index (χ0n) is 13.3. The summed E-state index contributed by atoms with van der Waals surface area (Å²) >= 11 is 0. The second kappa shape index (κ2) is 5.45. The van der Waals surface area contributed by atoms with Crippen molar-refractivity contribution in [3.05, 3.63) is 11.7 Å². The van der Waals surface area contributed by atoms with Crippen LogP contribution in [0.1, 0.15) is 71.1 Å². The predicted octanol–water partition coefficient (Wildman–Crippen LogP) is 3.17. The maximum absolute atomic E-state index is 6.07. The number of nitrogens with two attached hydrogens (primary N) is 1. The molecule has 0 bridgehead atoms. The van der Waals surface area contributed by atoms with Crippen LogP contribution in [0.5, 0.6) is 0 Å². The van der Waals surface area contributed by atoms with Crippen molar-refractivity contribution in [3.63, 3.8) is 0 Å². The van der Waals surface area contributed by atoms with Crippen LogP contribution < -0.4 is 5.73 Å². The van der Waals surface area contributed by atoms with Crippen molar-refractivity contribution in [2.24, 2.45) is 17.1 Å². The Morgan fingerprint density at radius 3 is 2.30 bits per heavy atom. The highest BCUT2D eigenvalue weighted by Gasteiger charge is 2.43. The fourth-order valence-corrected chi connectivity index (χ4v) is 2.69. The van der Waals surface area contributed by atoms with E-state index >= 15 is 0 Å². The van der Waals surface area contributed by atoms with Crippen molar-refractivity contribution in [1.82, 2.24) is 10.1 Å². The summed E-state index contributed by atoms with van der Waals surface area (Å²) in [5.74, 6) is 1.44. The molecular formula is C15H27N3O2. The van der Waals surface area contributed by atoms with Gasteiger partial charge >= 0.3 is 0 Å². The summed E-state index contributed by atoms with van der Waals surface area (Å²) in [5.41, 5.74) is 6.03. The van der Waals surface area contributed by atoms with Crippen molar-refractivity contribution in [3.8, 4) is 0 Å². The molecule has 1 aliphatic carbocycles. The Kier molecular flexibility index (Phi) is 4.21. The molecule has 1 heterocycles. The van der Waals surface area contributed by atoms with Crippen LogP contribution in [-0.2, 0) is 10.3 Å². The molecule has 2 N–H and O–H groups in total. The van der Waals surface area contributed by atoms with Gasteiger partial charge in [-0.05, 0) is 37.0 Å². The molecule has 5 heteroatoms. The third-order valence-corrected chi connectivity index (χ3v) is 4.65. The van der Waals surface area contributed by atoms with Crippen molar-refractivity contribution < 1.29 is 9.26 Å². The van der Waals surface area contributed by atoms with Gasteiger partial charge in [0.05, 0.1) is 6.04 Å². The molecule has 1 atom stereocenters. The van der Waals surface area contributed by atoms with Crippen molar-refractivity contribution >= 4 is 0 Å². The number of nitrogens with zero attached hydrogens (tertiary/aromatic N) is 2. The monoisotopic (exact) mass is 281 g/mol. The zero-order chi connectivity index (χ0) is 15.0. The van der Waals surface area contributed by atoms with E-state index in [4.69, 9.17) is 15.0 Å². The SMILES string of the molecule is COC1(c2noc([C@@H](N)C(C)C)n2)CCC(C)(C)CC1. The molecule has 0 spiro atoms. The van der Waals surface area contributed by atoms with Crippen LogP contribution in [0.4, 0.5) is 0 Å². The Morgan fingerprint density at radius 2 is 1.80 bits per heavy atom. The lowest BCUT2D eigenvalue weighted by atomic mass is 9.70. The highest BCUT2D eigenvalue weighted by Crippen LogP contribution is 2.46. The van der Waals surface area contributed by atoms with Crippen LogP contribution in [-0.4, -0.2) is 17.3 Å². The maximum atomic E-state index is 6.07. The highest BCUT2D eigenvalue weighted by molar-refractivity contribution is 5.06. The number of aromatic nitrogens is 2. The standard InChI is InChI=1S/C15H27N3O2/c1-10(2)11(16)12-17-13(18-20-12)15(19-5)8-6-14(3,4)7-9-15/h10-11H,6-9,16H2,1-5H3/t11-/m0/s1. The van der Waals surface area contributed by atoms with Gasteiger partial charge in [-0.3, -0.25) is 0 Å². The van der Waals surface area contributed by atoms with Gasteiger partial charge < -0.3 is 15.0 Å². The first-order valence-electron chi connectivity index (χ1n) is 7.44. The quantitative estimate of drug-likeness (QED) is 0.917. The Labute approximate surface area is 121 Å². The molecule has 1 saturated carbocycles. The zero-order valence-corrected chi connectivity index (χ0v) is 13.3. The summed E-state index contributed by atoms with van der Waals surface area (Å²) < 4.78 is 11.1. The molecule has 0 saturated heterocycles. The van der Waals surface area contributed by atoms with E-state index in [9.17, 15) is 0 Å². The molecule has 1 aromatic heterocycles. The minimum absolute atomic E-state index is 0.217. The lowest BCUT2D eigenvalue weighted by Gasteiger charge is -2.40. The molecule has 0 unspecified atom stereocenters. The minimum Gasteiger partial charge on any atom is -0.370 e. The summed E-state index contributed by atoms with van der Waals surface area (Å²) in [6, 6.07) is -0.217. The fraction of sp³-hybridized carbons (Fsp3) is 0.867. The lowest BCUT2D eigenvalue weighted by Crippen LogP contribution is -2.37. The van der Waals surface area contributed by atoms with E-state index < -0.39 is 5.60 Å². The first-order valence-corrected chi connectivity index (χ1v) is 7.44. The largest absolute Gasteiger partial charge is 0.370 e. The van der Waals surface area contributed by atoms with Crippen LogP contribution in [0.25, 0.3) is 0 Å². The molecule has 5 nitrogen and oxygen atoms in total. The van der Waals surface area contributed by atoms with E-state index in [1.807, 2.05) is 13.8 Å². The highest BCUT2D eigenvalue weighted by atomic mass is 16.5. The Morgan fingerprint density at radius 1 is 1.20 bits per heavy atom. The Hall–Kier alpha value is -0.940. The molecule has 2 rings (SSSR count). The van der Waals surface area contributed by atoms with Crippen molar-refractivity contribution in [2.45, 2.75) is 65.0 Å². The Balaban J connectivity index is 2.21. The molecule has 1 aliphatic rings. The Bertz CT molecular complexity index is 444. The van der Waals surface area contributed by atoms with E-state index in [0.717, 1.165) is 25.7 Å². The predicted molar refractivity (Wildman–Crippen MR) is 77.0 cm³/mol. The van der Waals surface area contributed by atoms with E-state index in [0.29, 0.717) is 17.1 Å². The van der Waals surface area contributed by atoms with Gasteiger partial charge in [-0.1, -0.05) is 32.9 Å². The molecule has 1 aromatic rings. The summed E-state index contributed by atoms with van der Waals surface area (Å²) in [5, 5.41) is 4.14. The first-order chi connectivity index (χ1) is 9.30. The van der Waals surface area contributed by atoms with Gasteiger partial charge in [-0.15, -0.1) is 0 Å². The van der Waals surface area contributed by atoms with Gasteiger partial charge in [0, 0.05) is 7.11 Å². The van der Waals surface area contributed by atoms with Gasteiger partial charge in [-0.2, -0.15) is 4.98 Å². The first kappa shape index (κ1) is 15.4. The normalized spacial score (nSPS) is 22.9.